The molecule has 130 valence electrons. The number of nitrogens with zero attached hydrogens (tertiary/aromatic N) is 1. The largest absolute Gasteiger partial charge is 0.411 e. The molecule has 2 N–H and O–H groups in total. The van der Waals surface area contributed by atoms with Gasteiger partial charge in [0.15, 0.2) is 0 Å². The van der Waals surface area contributed by atoms with E-state index in [0.717, 1.165) is 56.6 Å². The summed E-state index contributed by atoms with van der Waals surface area (Å²) in [5.41, 5.74) is 1.40. The fraction of sp³-hybridized carbons (Fsp3) is 0.762. The van der Waals surface area contributed by atoms with Crippen LogP contribution in [0.5, 0.6) is 0 Å². The number of fused-ring (bicyclic) bond motifs is 5. The number of hydrogen-bond donors (Lipinski definition) is 2. The maximum atomic E-state index is 11.1. The molecule has 0 aromatic rings. The van der Waals surface area contributed by atoms with Crippen molar-refractivity contribution < 1.29 is 10.3 Å². The van der Waals surface area contributed by atoms with Gasteiger partial charge in [-0.3, -0.25) is 0 Å². The Morgan fingerprint density at radius 1 is 1.21 bits per heavy atom. The maximum Gasteiger partial charge on any atom is 0.131 e. The molecular weight excluding hydrogens is 298 g/mol. The Hall–Kier alpha value is -1.27. The summed E-state index contributed by atoms with van der Waals surface area (Å²) in [6.45, 7) is 2.22. The first-order chi connectivity index (χ1) is 11.6. The van der Waals surface area contributed by atoms with Gasteiger partial charge in [0.05, 0.1) is 5.71 Å². The van der Waals surface area contributed by atoms with Gasteiger partial charge in [0, 0.05) is 5.41 Å². The van der Waals surface area contributed by atoms with Crippen molar-refractivity contribution in [3.05, 3.63) is 11.6 Å². The molecule has 0 radical (unpaired) electrons. The highest BCUT2D eigenvalue weighted by atomic mass is 16.4. The highest BCUT2D eigenvalue weighted by molar-refractivity contribution is 5.96. The minimum absolute atomic E-state index is 0.0590. The zero-order chi connectivity index (χ0) is 16.9. The molecule has 0 bridgehead atoms. The summed E-state index contributed by atoms with van der Waals surface area (Å²) in [4.78, 5) is 0. The predicted octanol–water partition coefficient (Wildman–Crippen LogP) is 4.14. The van der Waals surface area contributed by atoms with Gasteiger partial charge in [0.2, 0.25) is 0 Å². The number of hydrogen-bond acceptors (Lipinski definition) is 3. The highest BCUT2D eigenvalue weighted by Crippen LogP contribution is 2.66. The van der Waals surface area contributed by atoms with Gasteiger partial charge >= 0.3 is 0 Å². The van der Waals surface area contributed by atoms with Crippen LogP contribution in [-0.2, 0) is 0 Å². The third-order valence-corrected chi connectivity index (χ3v) is 8.16. The van der Waals surface area contributed by atoms with E-state index in [9.17, 15) is 5.11 Å². The maximum absolute atomic E-state index is 11.1. The van der Waals surface area contributed by atoms with E-state index in [0.29, 0.717) is 17.8 Å². The van der Waals surface area contributed by atoms with Crippen LogP contribution in [0.15, 0.2) is 16.8 Å². The summed E-state index contributed by atoms with van der Waals surface area (Å²) in [6.07, 6.45) is 17.4. The molecule has 24 heavy (non-hydrogen) atoms. The van der Waals surface area contributed by atoms with E-state index >= 15 is 0 Å². The monoisotopic (exact) mass is 327 g/mol. The lowest BCUT2D eigenvalue weighted by Gasteiger charge is -2.56. The van der Waals surface area contributed by atoms with Crippen molar-refractivity contribution in [1.29, 1.82) is 0 Å². The summed E-state index contributed by atoms with van der Waals surface area (Å²) < 4.78 is 0. The Balaban J connectivity index is 1.65. The van der Waals surface area contributed by atoms with E-state index in [1.165, 1.54) is 18.4 Å². The molecule has 0 aliphatic heterocycles. The quantitative estimate of drug-likeness (QED) is 0.432. The highest BCUT2D eigenvalue weighted by Gasteiger charge is 2.63. The SMILES string of the molecule is C#C[C@@]1(O)CC[C@@H]2[C@H]3CCC4=CC(=NO)CC[C@H]4[C@@H]3CC[C@]21CC. The molecule has 0 spiro atoms. The van der Waals surface area contributed by atoms with Gasteiger partial charge in [-0.05, 0) is 87.5 Å². The predicted molar refractivity (Wildman–Crippen MR) is 94.7 cm³/mol. The molecule has 3 heteroatoms. The van der Waals surface area contributed by atoms with Crippen LogP contribution >= 0.6 is 0 Å². The fourth-order valence-electron chi connectivity index (χ4n) is 7.05. The van der Waals surface area contributed by atoms with Crippen molar-refractivity contribution in [2.75, 3.05) is 0 Å². The zero-order valence-electron chi connectivity index (χ0n) is 14.7. The van der Waals surface area contributed by atoms with E-state index in [-0.39, 0.29) is 5.41 Å². The van der Waals surface area contributed by atoms with Crippen LogP contribution in [0.4, 0.5) is 0 Å². The first kappa shape index (κ1) is 16.2. The molecule has 3 fully saturated rings. The fourth-order valence-corrected chi connectivity index (χ4v) is 7.05. The minimum atomic E-state index is -0.892. The van der Waals surface area contributed by atoms with Crippen LogP contribution in [0.25, 0.3) is 0 Å². The van der Waals surface area contributed by atoms with Crippen LogP contribution in [0.3, 0.4) is 0 Å². The second kappa shape index (κ2) is 5.63. The van der Waals surface area contributed by atoms with E-state index in [4.69, 9.17) is 11.6 Å². The molecule has 4 aliphatic carbocycles. The summed E-state index contributed by atoms with van der Waals surface area (Å²) in [7, 11) is 0. The number of aliphatic hydroxyl groups is 1. The number of rotatable bonds is 1. The van der Waals surface area contributed by atoms with Crippen molar-refractivity contribution in [2.24, 2.45) is 34.2 Å². The Labute approximate surface area is 145 Å². The van der Waals surface area contributed by atoms with Crippen molar-refractivity contribution in [2.45, 2.75) is 70.3 Å². The van der Waals surface area contributed by atoms with E-state index in [1.807, 2.05) is 0 Å². The Bertz CT molecular complexity index is 630. The molecule has 6 atom stereocenters. The molecule has 0 aromatic carbocycles. The lowest BCUT2D eigenvalue weighted by Crippen LogP contribution is -2.53. The minimum Gasteiger partial charge on any atom is -0.411 e. The average Bonchev–Trinajstić information content (AvgIpc) is 2.94. The Morgan fingerprint density at radius 2 is 2.04 bits per heavy atom. The lowest BCUT2D eigenvalue weighted by molar-refractivity contribution is -0.0989. The second-order valence-electron chi connectivity index (χ2n) is 8.52. The van der Waals surface area contributed by atoms with Gasteiger partial charge in [-0.15, -0.1) is 6.42 Å². The molecular formula is C21H29NO2. The second-order valence-corrected chi connectivity index (χ2v) is 8.52. The third-order valence-electron chi connectivity index (χ3n) is 8.16. The Kier molecular flexibility index (Phi) is 3.80. The van der Waals surface area contributed by atoms with E-state index in [2.05, 4.69) is 24.1 Å². The van der Waals surface area contributed by atoms with Crippen LogP contribution in [0.2, 0.25) is 0 Å². The van der Waals surface area contributed by atoms with Crippen molar-refractivity contribution in [1.82, 2.24) is 0 Å². The molecule has 3 saturated carbocycles. The topological polar surface area (TPSA) is 52.8 Å². The summed E-state index contributed by atoms with van der Waals surface area (Å²) >= 11 is 0. The lowest BCUT2D eigenvalue weighted by atomic mass is 9.49. The summed E-state index contributed by atoms with van der Waals surface area (Å²) in [5, 5.41) is 23.7. The molecule has 0 heterocycles. The van der Waals surface area contributed by atoms with E-state index in [1.54, 1.807) is 0 Å². The van der Waals surface area contributed by atoms with Crippen LogP contribution in [-0.4, -0.2) is 21.6 Å². The van der Waals surface area contributed by atoms with Gasteiger partial charge < -0.3 is 10.3 Å². The number of oxime groups is 1. The van der Waals surface area contributed by atoms with Gasteiger partial charge in [-0.1, -0.05) is 23.6 Å². The van der Waals surface area contributed by atoms with Crippen molar-refractivity contribution in [3.63, 3.8) is 0 Å². The summed E-state index contributed by atoms with van der Waals surface area (Å²) in [6, 6.07) is 0. The molecule has 0 saturated heterocycles. The van der Waals surface area contributed by atoms with Crippen LogP contribution in [0, 0.1) is 41.4 Å². The first-order valence-corrected chi connectivity index (χ1v) is 9.70. The molecule has 0 aromatic heterocycles. The Morgan fingerprint density at radius 3 is 2.75 bits per heavy atom. The zero-order valence-corrected chi connectivity index (χ0v) is 14.7. The van der Waals surface area contributed by atoms with Gasteiger partial charge in [0.1, 0.15) is 5.60 Å². The average molecular weight is 327 g/mol. The first-order valence-electron chi connectivity index (χ1n) is 9.70. The number of allylic oxidation sites excluding steroid dienone is 2. The summed E-state index contributed by atoms with van der Waals surface area (Å²) in [5.74, 6) is 5.47. The third kappa shape index (κ3) is 1.99. The van der Waals surface area contributed by atoms with Crippen molar-refractivity contribution >= 4 is 5.71 Å². The molecule has 0 unspecified atom stereocenters. The molecule has 0 amide bonds. The molecule has 3 nitrogen and oxygen atoms in total. The van der Waals surface area contributed by atoms with E-state index < -0.39 is 5.60 Å². The standard InChI is InChI=1S/C21H29NO2/c1-3-20-11-9-17-16-8-6-15(22-24)13-14(16)5-7-18(17)19(20)10-12-21(20,23)4-2/h2,13,16-19,23-24H,3,5-12H2,1H3/t16-,17+,18+,19-,20-,21-/m1/s1. The molecule has 4 rings (SSSR count). The molecule has 4 aliphatic rings. The van der Waals surface area contributed by atoms with Gasteiger partial charge in [0.25, 0.3) is 0 Å². The van der Waals surface area contributed by atoms with Crippen LogP contribution < -0.4 is 0 Å². The van der Waals surface area contributed by atoms with Gasteiger partial charge in [-0.2, -0.15) is 0 Å². The number of terminal acetylenes is 1. The normalized spacial score (nSPS) is 48.9. The van der Waals surface area contributed by atoms with Crippen LogP contribution in [0.1, 0.15) is 64.7 Å². The smallest absolute Gasteiger partial charge is 0.131 e. The van der Waals surface area contributed by atoms with Gasteiger partial charge in [-0.25, -0.2) is 0 Å². The van der Waals surface area contributed by atoms with Crippen molar-refractivity contribution in [3.8, 4) is 12.3 Å².